The van der Waals surface area contributed by atoms with E-state index in [-0.39, 0.29) is 5.41 Å². The predicted octanol–water partition coefficient (Wildman–Crippen LogP) is 3.10. The Hall–Kier alpha value is -1.33. The van der Waals surface area contributed by atoms with Crippen molar-refractivity contribution in [1.82, 2.24) is 19.9 Å². The summed E-state index contributed by atoms with van der Waals surface area (Å²) in [6.45, 7) is 11.4. The highest BCUT2D eigenvalue weighted by atomic mass is 32.1. The minimum absolute atomic E-state index is 0.0184. The van der Waals surface area contributed by atoms with Gasteiger partial charge in [0.1, 0.15) is 10.8 Å². The number of hydrogen-bond donors (Lipinski definition) is 0. The van der Waals surface area contributed by atoms with Crippen LogP contribution in [0, 0.1) is 6.92 Å². The van der Waals surface area contributed by atoms with Gasteiger partial charge in [-0.15, -0.1) is 11.3 Å². The summed E-state index contributed by atoms with van der Waals surface area (Å²) in [7, 11) is 0. The number of aromatic nitrogens is 3. The van der Waals surface area contributed by atoms with Gasteiger partial charge in [0.15, 0.2) is 0 Å². The van der Waals surface area contributed by atoms with E-state index in [1.165, 1.54) is 16.3 Å². The number of nitrogens with zero attached hydrogens (tertiary/aromatic N) is 4. The van der Waals surface area contributed by atoms with Gasteiger partial charge >= 0.3 is 0 Å². The highest BCUT2D eigenvalue weighted by molar-refractivity contribution is 7.09. The molecule has 0 aromatic carbocycles. The summed E-state index contributed by atoms with van der Waals surface area (Å²) in [4.78, 5) is 16.3. The molecule has 0 N–H and O–H groups in total. The van der Waals surface area contributed by atoms with E-state index < -0.39 is 0 Å². The summed E-state index contributed by atoms with van der Waals surface area (Å²) in [6, 6.07) is 0. The summed E-state index contributed by atoms with van der Waals surface area (Å²) in [5, 5.41) is 3.31. The second-order valence-electron chi connectivity index (χ2n) is 6.76. The van der Waals surface area contributed by atoms with Crippen LogP contribution in [0.2, 0.25) is 0 Å². The molecule has 1 aliphatic heterocycles. The van der Waals surface area contributed by atoms with Crippen molar-refractivity contribution < 1.29 is 0 Å². The molecule has 3 rings (SSSR count). The molecule has 112 valence electrons. The van der Waals surface area contributed by atoms with Crippen molar-refractivity contribution in [3.63, 3.8) is 0 Å². The van der Waals surface area contributed by atoms with Gasteiger partial charge in [-0.05, 0) is 6.92 Å². The van der Waals surface area contributed by atoms with Crippen LogP contribution in [0.5, 0.6) is 0 Å². The first kappa shape index (κ1) is 14.6. The van der Waals surface area contributed by atoms with Gasteiger partial charge in [-0.25, -0.2) is 15.0 Å². The molecule has 2 aromatic rings. The molecule has 0 saturated heterocycles. The van der Waals surface area contributed by atoms with Gasteiger partial charge < -0.3 is 0 Å². The fourth-order valence-corrected chi connectivity index (χ4v) is 3.35. The van der Waals surface area contributed by atoms with E-state index in [1.54, 1.807) is 11.3 Å². The maximum absolute atomic E-state index is 4.78. The third-order valence-corrected chi connectivity index (χ3v) is 4.66. The van der Waals surface area contributed by atoms with E-state index in [2.05, 4.69) is 41.0 Å². The minimum Gasteiger partial charge on any atom is -0.292 e. The molecule has 2 aromatic heterocycles. The number of aryl methyl sites for hydroxylation is 1. The maximum atomic E-state index is 4.78. The van der Waals surface area contributed by atoms with Crippen molar-refractivity contribution in [2.45, 2.75) is 52.6 Å². The lowest BCUT2D eigenvalue weighted by atomic mass is 9.95. The zero-order chi connectivity index (χ0) is 15.0. The molecule has 0 spiro atoms. The largest absolute Gasteiger partial charge is 0.292 e. The van der Waals surface area contributed by atoms with Crippen LogP contribution in [-0.2, 0) is 24.9 Å². The van der Waals surface area contributed by atoms with Gasteiger partial charge in [0.25, 0.3) is 0 Å². The number of hydrogen-bond acceptors (Lipinski definition) is 5. The van der Waals surface area contributed by atoms with Crippen LogP contribution in [0.1, 0.15) is 48.6 Å². The topological polar surface area (TPSA) is 41.9 Å². The van der Waals surface area contributed by atoms with Crippen molar-refractivity contribution in [1.29, 1.82) is 0 Å². The van der Waals surface area contributed by atoms with Crippen LogP contribution < -0.4 is 0 Å². The fourth-order valence-electron chi connectivity index (χ4n) is 2.54. The van der Waals surface area contributed by atoms with E-state index >= 15 is 0 Å². The van der Waals surface area contributed by atoms with Crippen LogP contribution in [0.15, 0.2) is 11.6 Å². The van der Waals surface area contributed by atoms with Gasteiger partial charge in [0, 0.05) is 53.5 Å². The standard InChI is InChI=1S/C16H22N4S/c1-11-10-21-14(18-11)9-20-6-5-13-12(8-20)7-17-15(19-13)16(2,3)4/h7,10H,5-6,8-9H2,1-4H3. The number of thiazole rings is 1. The van der Waals surface area contributed by atoms with Crippen molar-refractivity contribution in [3.05, 3.63) is 39.4 Å². The van der Waals surface area contributed by atoms with Crippen molar-refractivity contribution in [2.24, 2.45) is 0 Å². The lowest BCUT2D eigenvalue weighted by Crippen LogP contribution is -2.31. The first-order valence-electron chi connectivity index (χ1n) is 7.40. The molecule has 0 atom stereocenters. The summed E-state index contributed by atoms with van der Waals surface area (Å²) < 4.78 is 0. The first-order valence-corrected chi connectivity index (χ1v) is 8.28. The van der Waals surface area contributed by atoms with Gasteiger partial charge in [-0.3, -0.25) is 4.90 Å². The summed E-state index contributed by atoms with van der Waals surface area (Å²) in [5.41, 5.74) is 3.62. The zero-order valence-electron chi connectivity index (χ0n) is 13.2. The second kappa shape index (κ2) is 5.46. The fraction of sp³-hybridized carbons (Fsp3) is 0.562. The molecular weight excluding hydrogens is 280 g/mol. The molecule has 0 unspecified atom stereocenters. The van der Waals surface area contributed by atoms with Crippen LogP contribution in [0.4, 0.5) is 0 Å². The summed E-state index contributed by atoms with van der Waals surface area (Å²) in [6.07, 6.45) is 3.02. The normalized spacial score (nSPS) is 16.0. The average Bonchev–Trinajstić information content (AvgIpc) is 2.82. The van der Waals surface area contributed by atoms with Crippen molar-refractivity contribution in [2.75, 3.05) is 6.54 Å². The molecule has 0 bridgehead atoms. The van der Waals surface area contributed by atoms with E-state index in [0.29, 0.717) is 0 Å². The second-order valence-corrected chi connectivity index (χ2v) is 7.70. The molecule has 1 aliphatic rings. The van der Waals surface area contributed by atoms with Gasteiger partial charge in [0.05, 0.1) is 6.54 Å². The number of fused-ring (bicyclic) bond motifs is 1. The van der Waals surface area contributed by atoms with Gasteiger partial charge in [-0.2, -0.15) is 0 Å². The Kier molecular flexibility index (Phi) is 3.80. The molecule has 0 saturated carbocycles. The summed E-state index contributed by atoms with van der Waals surface area (Å²) in [5.74, 6) is 0.949. The highest BCUT2D eigenvalue weighted by Gasteiger charge is 2.23. The first-order chi connectivity index (χ1) is 9.91. The van der Waals surface area contributed by atoms with Crippen LogP contribution >= 0.6 is 11.3 Å². The Morgan fingerprint density at radius 1 is 1.29 bits per heavy atom. The molecule has 5 heteroatoms. The SMILES string of the molecule is Cc1csc(CN2CCc3nc(C(C)(C)C)ncc3C2)n1. The summed E-state index contributed by atoms with van der Waals surface area (Å²) >= 11 is 1.75. The monoisotopic (exact) mass is 302 g/mol. The van der Waals surface area contributed by atoms with Crippen molar-refractivity contribution >= 4 is 11.3 Å². The quantitative estimate of drug-likeness (QED) is 0.855. The van der Waals surface area contributed by atoms with E-state index in [9.17, 15) is 0 Å². The molecule has 4 nitrogen and oxygen atoms in total. The lowest BCUT2D eigenvalue weighted by molar-refractivity contribution is 0.241. The molecule has 0 aliphatic carbocycles. The van der Waals surface area contributed by atoms with Crippen molar-refractivity contribution in [3.8, 4) is 0 Å². The Labute approximate surface area is 130 Å². The maximum Gasteiger partial charge on any atom is 0.133 e. The van der Waals surface area contributed by atoms with Gasteiger partial charge in [-0.1, -0.05) is 20.8 Å². The molecule has 3 heterocycles. The molecule has 0 fully saturated rings. The van der Waals surface area contributed by atoms with Crippen LogP contribution in [-0.4, -0.2) is 26.4 Å². The molecular formula is C16H22N4S. The van der Waals surface area contributed by atoms with Gasteiger partial charge in [0.2, 0.25) is 0 Å². The predicted molar refractivity (Wildman–Crippen MR) is 85.4 cm³/mol. The Balaban J connectivity index is 1.74. The molecule has 21 heavy (non-hydrogen) atoms. The van der Waals surface area contributed by atoms with Crippen LogP contribution in [0.25, 0.3) is 0 Å². The smallest absolute Gasteiger partial charge is 0.133 e. The van der Waals surface area contributed by atoms with E-state index in [0.717, 1.165) is 37.6 Å². The van der Waals surface area contributed by atoms with Crippen LogP contribution in [0.3, 0.4) is 0 Å². The zero-order valence-corrected chi connectivity index (χ0v) is 14.0. The number of rotatable bonds is 2. The molecule has 0 radical (unpaired) electrons. The highest BCUT2D eigenvalue weighted by Crippen LogP contribution is 2.23. The van der Waals surface area contributed by atoms with E-state index in [4.69, 9.17) is 4.98 Å². The third-order valence-electron chi connectivity index (χ3n) is 3.71. The third kappa shape index (κ3) is 3.30. The molecule has 0 amide bonds. The minimum atomic E-state index is 0.0184. The lowest BCUT2D eigenvalue weighted by Gasteiger charge is -2.28. The Bertz CT molecular complexity index is 642. The van der Waals surface area contributed by atoms with E-state index in [1.807, 2.05) is 13.1 Å². The Morgan fingerprint density at radius 2 is 2.10 bits per heavy atom. The Morgan fingerprint density at radius 3 is 2.76 bits per heavy atom. The average molecular weight is 302 g/mol.